The minimum Gasteiger partial charge on any atom is -0.480 e. The number of methoxy groups -OCH3 is 1. The fourth-order valence-corrected chi connectivity index (χ4v) is 2.09. The average molecular weight is 277 g/mol. The molecule has 6 heteroatoms. The summed E-state index contributed by atoms with van der Waals surface area (Å²) in [7, 11) is 1.53. The second kappa shape index (κ2) is 6.88. The van der Waals surface area contributed by atoms with Gasteiger partial charge >= 0.3 is 0 Å². The lowest BCUT2D eigenvalue weighted by Gasteiger charge is -2.16. The van der Waals surface area contributed by atoms with Gasteiger partial charge in [0.05, 0.1) is 26.0 Å². The summed E-state index contributed by atoms with van der Waals surface area (Å²) >= 11 is 0. The molecule has 108 valence electrons. The van der Waals surface area contributed by atoms with E-state index in [4.69, 9.17) is 9.47 Å². The Morgan fingerprint density at radius 1 is 1.55 bits per heavy atom. The molecule has 0 bridgehead atoms. The molecule has 1 amide bonds. The smallest absolute Gasteiger partial charge is 0.235 e. The van der Waals surface area contributed by atoms with E-state index in [2.05, 4.69) is 16.5 Å². The van der Waals surface area contributed by atoms with Crippen LogP contribution in [0.2, 0.25) is 0 Å². The van der Waals surface area contributed by atoms with Crippen molar-refractivity contribution in [2.75, 3.05) is 20.2 Å². The van der Waals surface area contributed by atoms with Crippen LogP contribution in [0.15, 0.2) is 25.0 Å². The highest BCUT2D eigenvalue weighted by atomic mass is 16.5. The number of hydrogen-bond donors (Lipinski definition) is 0. The van der Waals surface area contributed by atoms with E-state index < -0.39 is 0 Å². The highest BCUT2D eigenvalue weighted by molar-refractivity contribution is 5.76. The van der Waals surface area contributed by atoms with Crippen molar-refractivity contribution in [3.05, 3.63) is 25.0 Å². The molecular weight excluding hydrogens is 258 g/mol. The molecule has 1 aromatic rings. The van der Waals surface area contributed by atoms with Crippen LogP contribution >= 0.6 is 0 Å². The van der Waals surface area contributed by atoms with Gasteiger partial charge in [-0.15, -0.1) is 6.58 Å². The lowest BCUT2D eigenvalue weighted by molar-refractivity contribution is -0.130. The van der Waals surface area contributed by atoms with E-state index in [1.54, 1.807) is 12.3 Å². The van der Waals surface area contributed by atoms with Gasteiger partial charge in [-0.25, -0.2) is 0 Å². The Hall–Kier alpha value is -2.11. The van der Waals surface area contributed by atoms with Crippen molar-refractivity contribution in [2.45, 2.75) is 25.4 Å². The molecule has 20 heavy (non-hydrogen) atoms. The normalized spacial score (nSPS) is 17.9. The first-order chi connectivity index (χ1) is 9.72. The first-order valence-corrected chi connectivity index (χ1v) is 6.64. The molecule has 0 spiro atoms. The summed E-state index contributed by atoms with van der Waals surface area (Å²) in [6.07, 6.45) is 6.81. The van der Waals surface area contributed by atoms with Gasteiger partial charge in [-0.05, 0) is 6.42 Å². The third-order valence-electron chi connectivity index (χ3n) is 3.15. The van der Waals surface area contributed by atoms with Crippen LogP contribution in [0.1, 0.15) is 19.3 Å². The SMILES string of the molecule is C=CCCC(=O)N1CCC(Oc2cncc(OC)n2)C1. The van der Waals surface area contributed by atoms with Gasteiger partial charge in [0, 0.05) is 19.4 Å². The van der Waals surface area contributed by atoms with Gasteiger partial charge in [0.1, 0.15) is 6.10 Å². The summed E-state index contributed by atoms with van der Waals surface area (Å²) in [6.45, 7) is 4.94. The topological polar surface area (TPSA) is 64.6 Å². The van der Waals surface area contributed by atoms with Crippen molar-refractivity contribution < 1.29 is 14.3 Å². The Kier molecular flexibility index (Phi) is 4.92. The predicted molar refractivity (Wildman–Crippen MR) is 73.6 cm³/mol. The molecule has 1 unspecified atom stereocenters. The fourth-order valence-electron chi connectivity index (χ4n) is 2.09. The van der Waals surface area contributed by atoms with Crippen LogP contribution in [-0.2, 0) is 4.79 Å². The number of carbonyl (C=O) groups excluding carboxylic acids is 1. The van der Waals surface area contributed by atoms with Gasteiger partial charge in [0.25, 0.3) is 0 Å². The minimum atomic E-state index is -0.0379. The lowest BCUT2D eigenvalue weighted by atomic mass is 10.3. The summed E-state index contributed by atoms with van der Waals surface area (Å²) in [6, 6.07) is 0. The Morgan fingerprint density at radius 3 is 3.10 bits per heavy atom. The van der Waals surface area contributed by atoms with Crippen molar-refractivity contribution in [2.24, 2.45) is 0 Å². The van der Waals surface area contributed by atoms with E-state index in [1.165, 1.54) is 13.3 Å². The summed E-state index contributed by atoms with van der Waals surface area (Å²) in [4.78, 5) is 21.8. The summed E-state index contributed by atoms with van der Waals surface area (Å²) in [5, 5.41) is 0. The number of likely N-dealkylation sites (tertiary alicyclic amines) is 1. The maximum atomic E-state index is 11.9. The van der Waals surface area contributed by atoms with Gasteiger partial charge < -0.3 is 14.4 Å². The van der Waals surface area contributed by atoms with E-state index in [0.29, 0.717) is 31.1 Å². The van der Waals surface area contributed by atoms with Gasteiger partial charge in [0.2, 0.25) is 17.7 Å². The fraction of sp³-hybridized carbons (Fsp3) is 0.500. The number of carbonyl (C=O) groups is 1. The molecule has 1 aromatic heterocycles. The number of nitrogens with zero attached hydrogens (tertiary/aromatic N) is 3. The number of allylic oxidation sites excluding steroid dienone is 1. The van der Waals surface area contributed by atoms with Crippen molar-refractivity contribution in [3.8, 4) is 11.8 Å². The van der Waals surface area contributed by atoms with Crippen LogP contribution in [0.5, 0.6) is 11.8 Å². The van der Waals surface area contributed by atoms with Crippen molar-refractivity contribution in [1.29, 1.82) is 0 Å². The van der Waals surface area contributed by atoms with Gasteiger partial charge in [-0.2, -0.15) is 4.98 Å². The number of aromatic nitrogens is 2. The molecule has 2 rings (SSSR count). The molecule has 1 saturated heterocycles. The summed E-state index contributed by atoms with van der Waals surface area (Å²) in [5.41, 5.74) is 0. The number of ether oxygens (including phenoxy) is 2. The van der Waals surface area contributed by atoms with Crippen molar-refractivity contribution in [3.63, 3.8) is 0 Å². The van der Waals surface area contributed by atoms with Crippen LogP contribution in [-0.4, -0.2) is 47.1 Å². The number of hydrogen-bond acceptors (Lipinski definition) is 5. The van der Waals surface area contributed by atoms with E-state index >= 15 is 0 Å². The first-order valence-electron chi connectivity index (χ1n) is 6.64. The minimum absolute atomic E-state index is 0.0379. The Morgan fingerprint density at radius 2 is 2.35 bits per heavy atom. The highest BCUT2D eigenvalue weighted by Gasteiger charge is 2.27. The van der Waals surface area contributed by atoms with Crippen molar-refractivity contribution in [1.82, 2.24) is 14.9 Å². The second-order valence-corrected chi connectivity index (χ2v) is 4.60. The summed E-state index contributed by atoms with van der Waals surface area (Å²) in [5.74, 6) is 0.988. The molecule has 1 aliphatic rings. The van der Waals surface area contributed by atoms with Gasteiger partial charge in [-0.3, -0.25) is 9.78 Å². The molecule has 1 atom stereocenters. The standard InChI is InChI=1S/C14H19N3O3/c1-3-4-5-14(18)17-7-6-11(10-17)20-13-9-15-8-12(16-13)19-2/h3,8-9,11H,1,4-7,10H2,2H3. The zero-order chi connectivity index (χ0) is 14.4. The molecular formula is C14H19N3O3. The zero-order valence-electron chi connectivity index (χ0n) is 11.6. The van der Waals surface area contributed by atoms with E-state index in [9.17, 15) is 4.79 Å². The molecule has 0 aromatic carbocycles. The predicted octanol–water partition coefficient (Wildman–Crippen LogP) is 1.43. The van der Waals surface area contributed by atoms with E-state index in [-0.39, 0.29) is 12.0 Å². The molecule has 1 fully saturated rings. The monoisotopic (exact) mass is 277 g/mol. The largest absolute Gasteiger partial charge is 0.480 e. The second-order valence-electron chi connectivity index (χ2n) is 4.60. The Bertz CT molecular complexity index is 478. The van der Waals surface area contributed by atoms with Crippen LogP contribution in [0.3, 0.4) is 0 Å². The van der Waals surface area contributed by atoms with Crippen molar-refractivity contribution >= 4 is 5.91 Å². The Balaban J connectivity index is 1.86. The molecule has 6 nitrogen and oxygen atoms in total. The molecule has 1 aliphatic heterocycles. The number of rotatable bonds is 6. The van der Waals surface area contributed by atoms with E-state index in [1.807, 2.05) is 4.90 Å². The molecule has 2 heterocycles. The lowest BCUT2D eigenvalue weighted by Crippen LogP contribution is -2.30. The quantitative estimate of drug-likeness (QED) is 0.736. The molecule has 0 aliphatic carbocycles. The molecule has 0 radical (unpaired) electrons. The maximum absolute atomic E-state index is 11.9. The zero-order valence-corrected chi connectivity index (χ0v) is 11.6. The Labute approximate surface area is 118 Å². The van der Waals surface area contributed by atoms with Crippen LogP contribution < -0.4 is 9.47 Å². The van der Waals surface area contributed by atoms with E-state index in [0.717, 1.165) is 13.0 Å². The van der Waals surface area contributed by atoms with Gasteiger partial charge in [0.15, 0.2) is 0 Å². The van der Waals surface area contributed by atoms with Gasteiger partial charge in [-0.1, -0.05) is 6.08 Å². The average Bonchev–Trinajstić information content (AvgIpc) is 2.93. The van der Waals surface area contributed by atoms with Crippen LogP contribution in [0, 0.1) is 0 Å². The molecule has 0 saturated carbocycles. The maximum Gasteiger partial charge on any atom is 0.235 e. The summed E-state index contributed by atoms with van der Waals surface area (Å²) < 4.78 is 10.7. The number of amides is 1. The third kappa shape index (κ3) is 3.69. The first kappa shape index (κ1) is 14.3. The molecule has 0 N–H and O–H groups in total. The highest BCUT2D eigenvalue weighted by Crippen LogP contribution is 2.18. The third-order valence-corrected chi connectivity index (χ3v) is 3.15. The van der Waals surface area contributed by atoms with Crippen LogP contribution in [0.4, 0.5) is 0 Å². The van der Waals surface area contributed by atoms with Crippen LogP contribution in [0.25, 0.3) is 0 Å².